The Hall–Kier alpha value is -2.58. The first-order chi connectivity index (χ1) is 12.2. The van der Waals surface area contributed by atoms with Crippen molar-refractivity contribution >= 4 is 15.8 Å². The van der Waals surface area contributed by atoms with E-state index in [1.165, 1.54) is 37.4 Å². The van der Waals surface area contributed by atoms with Gasteiger partial charge in [-0.15, -0.1) is 0 Å². The highest BCUT2D eigenvalue weighted by Crippen LogP contribution is 2.36. The lowest BCUT2D eigenvalue weighted by Crippen LogP contribution is -2.18. The second-order valence-electron chi connectivity index (χ2n) is 5.67. The highest BCUT2D eigenvalue weighted by Gasteiger charge is 2.18. The molecule has 0 aliphatic rings. The Morgan fingerprint density at radius 1 is 1.12 bits per heavy atom. The van der Waals surface area contributed by atoms with E-state index >= 15 is 0 Å². The van der Waals surface area contributed by atoms with Crippen molar-refractivity contribution in [3.63, 3.8) is 0 Å². The van der Waals surface area contributed by atoms with Gasteiger partial charge in [0.1, 0.15) is 16.7 Å². The fraction of sp³-hybridized carbons (Fsp3) is 0.278. The topological polar surface area (TPSA) is 99.1 Å². The third-order valence-electron chi connectivity index (χ3n) is 3.39. The molecule has 0 saturated carbocycles. The number of aromatic carboxylic acids is 1. The minimum atomic E-state index is -3.50. The summed E-state index contributed by atoms with van der Waals surface area (Å²) in [6, 6.07) is 10.3. The lowest BCUT2D eigenvalue weighted by molar-refractivity contribution is 0.0694. The molecule has 1 N–H and O–H groups in total. The Labute approximate surface area is 152 Å². The van der Waals surface area contributed by atoms with Crippen LogP contribution in [0, 0.1) is 0 Å². The molecule has 2 rings (SSSR count). The summed E-state index contributed by atoms with van der Waals surface area (Å²) in [6.07, 6.45) is 0.720. The molecule has 0 radical (unpaired) electrons. The summed E-state index contributed by atoms with van der Waals surface area (Å²) >= 11 is 0. The Bertz CT molecular complexity index is 890. The number of carboxylic acids is 1. The van der Waals surface area contributed by atoms with Crippen LogP contribution in [0.1, 0.15) is 17.3 Å². The van der Waals surface area contributed by atoms with Gasteiger partial charge in [0.2, 0.25) is 0 Å². The van der Waals surface area contributed by atoms with Crippen LogP contribution in [0.2, 0.25) is 0 Å². The average molecular weight is 380 g/mol. The van der Waals surface area contributed by atoms with Crippen LogP contribution in [0.5, 0.6) is 17.2 Å². The van der Waals surface area contributed by atoms with E-state index < -0.39 is 15.8 Å². The molecule has 0 aliphatic carbocycles. The number of carbonyl (C=O) groups is 1. The molecule has 0 fully saturated rings. The summed E-state index contributed by atoms with van der Waals surface area (Å²) in [6.45, 7) is 2.04. The number of ether oxygens (including phenoxy) is 3. The normalized spacial score (nSPS) is 12.4. The molecule has 140 valence electrons. The third-order valence-corrected chi connectivity index (χ3v) is 4.52. The number of hydrogen-bond donors (Lipinski definition) is 1. The maximum absolute atomic E-state index is 11.9. The quantitative estimate of drug-likeness (QED) is 0.751. The number of methoxy groups -OCH3 is 1. The predicted octanol–water partition coefficient (Wildman–Crippen LogP) is 2.99. The summed E-state index contributed by atoms with van der Waals surface area (Å²) in [7, 11) is -1.98. The van der Waals surface area contributed by atoms with Crippen LogP contribution < -0.4 is 9.47 Å². The monoisotopic (exact) mass is 380 g/mol. The zero-order valence-electron chi connectivity index (χ0n) is 14.6. The van der Waals surface area contributed by atoms with Crippen LogP contribution in [-0.4, -0.2) is 45.6 Å². The van der Waals surface area contributed by atoms with E-state index in [9.17, 15) is 18.3 Å². The molecular weight excluding hydrogens is 360 g/mol. The molecule has 0 saturated heterocycles. The minimum absolute atomic E-state index is 0.0216. The molecule has 0 unspecified atom stereocenters. The molecule has 1 atom stereocenters. The van der Waals surface area contributed by atoms with Gasteiger partial charge >= 0.3 is 5.97 Å². The van der Waals surface area contributed by atoms with Crippen molar-refractivity contribution in [3.8, 4) is 17.2 Å². The average Bonchev–Trinajstić information content (AvgIpc) is 2.56. The van der Waals surface area contributed by atoms with Gasteiger partial charge in [0.05, 0.1) is 12.2 Å². The van der Waals surface area contributed by atoms with E-state index in [-0.39, 0.29) is 40.4 Å². The molecule has 0 aliphatic heterocycles. The second-order valence-corrected chi connectivity index (χ2v) is 7.66. The van der Waals surface area contributed by atoms with Crippen molar-refractivity contribution in [2.24, 2.45) is 0 Å². The van der Waals surface area contributed by atoms with Gasteiger partial charge in [0.25, 0.3) is 0 Å². The fourth-order valence-corrected chi connectivity index (χ4v) is 3.06. The van der Waals surface area contributed by atoms with Crippen molar-refractivity contribution in [1.29, 1.82) is 0 Å². The van der Waals surface area contributed by atoms with Gasteiger partial charge < -0.3 is 19.3 Å². The van der Waals surface area contributed by atoms with Crippen LogP contribution in [0.3, 0.4) is 0 Å². The van der Waals surface area contributed by atoms with Gasteiger partial charge in [-0.1, -0.05) is 12.1 Å². The Morgan fingerprint density at radius 2 is 1.81 bits per heavy atom. The highest BCUT2D eigenvalue weighted by atomic mass is 32.2. The van der Waals surface area contributed by atoms with Gasteiger partial charge in [-0.3, -0.25) is 0 Å². The minimum Gasteiger partial charge on any atom is -0.484 e. The largest absolute Gasteiger partial charge is 0.484 e. The molecule has 0 spiro atoms. The van der Waals surface area contributed by atoms with E-state index in [0.717, 1.165) is 6.26 Å². The van der Waals surface area contributed by atoms with Crippen LogP contribution in [0.25, 0.3) is 0 Å². The van der Waals surface area contributed by atoms with Crippen molar-refractivity contribution in [2.75, 3.05) is 20.0 Å². The number of sulfone groups is 1. The third kappa shape index (κ3) is 4.96. The van der Waals surface area contributed by atoms with E-state index in [2.05, 4.69) is 0 Å². The second kappa shape index (κ2) is 8.20. The van der Waals surface area contributed by atoms with Crippen LogP contribution in [-0.2, 0) is 14.6 Å². The van der Waals surface area contributed by atoms with Crippen molar-refractivity contribution in [2.45, 2.75) is 17.9 Å². The molecule has 0 bridgehead atoms. The first-order valence-electron chi connectivity index (χ1n) is 7.72. The lowest BCUT2D eigenvalue weighted by Gasteiger charge is -2.18. The Kier molecular flexibility index (Phi) is 6.23. The summed E-state index contributed by atoms with van der Waals surface area (Å²) in [5, 5.41) is 9.18. The molecule has 0 heterocycles. The molecule has 26 heavy (non-hydrogen) atoms. The zero-order valence-corrected chi connectivity index (χ0v) is 15.4. The SMILES string of the molecule is COC[C@H](C)Oc1cc(C(=O)O)ccc1Oc1ccccc1S(C)(=O)=O. The van der Waals surface area contributed by atoms with E-state index in [1.54, 1.807) is 19.1 Å². The lowest BCUT2D eigenvalue weighted by atomic mass is 10.2. The van der Waals surface area contributed by atoms with Crippen molar-refractivity contribution in [1.82, 2.24) is 0 Å². The molecule has 2 aromatic carbocycles. The van der Waals surface area contributed by atoms with Gasteiger partial charge in [-0.25, -0.2) is 13.2 Å². The number of rotatable bonds is 8. The number of para-hydroxylation sites is 1. The molecule has 2 aromatic rings. The summed E-state index contributed by atoms with van der Waals surface area (Å²) in [4.78, 5) is 11.2. The standard InChI is InChI=1S/C18H20O7S/c1-12(11-23-2)24-16-10-13(18(19)20)8-9-14(16)25-15-6-4-5-7-17(15)26(3,21)22/h4-10,12H,11H2,1-3H3,(H,19,20)/t12-/m0/s1. The highest BCUT2D eigenvalue weighted by molar-refractivity contribution is 7.90. The van der Waals surface area contributed by atoms with Crippen molar-refractivity contribution in [3.05, 3.63) is 48.0 Å². The molecule has 7 nitrogen and oxygen atoms in total. The van der Waals surface area contributed by atoms with Crippen LogP contribution >= 0.6 is 0 Å². The fourth-order valence-electron chi connectivity index (χ4n) is 2.26. The Morgan fingerprint density at radius 3 is 2.42 bits per heavy atom. The van der Waals surface area contributed by atoms with E-state index in [1.807, 2.05) is 0 Å². The molecule has 0 aromatic heterocycles. The van der Waals surface area contributed by atoms with Gasteiger partial charge in [-0.2, -0.15) is 0 Å². The maximum Gasteiger partial charge on any atom is 0.335 e. The first-order valence-corrected chi connectivity index (χ1v) is 9.61. The van der Waals surface area contributed by atoms with E-state index in [4.69, 9.17) is 14.2 Å². The van der Waals surface area contributed by atoms with Crippen molar-refractivity contribution < 1.29 is 32.5 Å². The number of hydrogen-bond acceptors (Lipinski definition) is 6. The number of carboxylic acid groups (broad SMARTS) is 1. The zero-order chi connectivity index (χ0) is 19.3. The predicted molar refractivity (Wildman–Crippen MR) is 95.0 cm³/mol. The number of benzene rings is 2. The maximum atomic E-state index is 11.9. The molecular formula is C18H20O7S. The smallest absolute Gasteiger partial charge is 0.335 e. The van der Waals surface area contributed by atoms with E-state index in [0.29, 0.717) is 0 Å². The Balaban J connectivity index is 2.45. The van der Waals surface area contributed by atoms with Gasteiger partial charge in [0, 0.05) is 13.4 Å². The summed E-state index contributed by atoms with van der Waals surface area (Å²) in [5.74, 6) is -0.605. The molecule has 0 amide bonds. The summed E-state index contributed by atoms with van der Waals surface area (Å²) in [5.41, 5.74) is 0.0216. The van der Waals surface area contributed by atoms with Crippen LogP contribution in [0.15, 0.2) is 47.4 Å². The van der Waals surface area contributed by atoms with Gasteiger partial charge in [0.15, 0.2) is 21.3 Å². The van der Waals surface area contributed by atoms with Gasteiger partial charge in [-0.05, 0) is 37.3 Å². The van der Waals surface area contributed by atoms with Crippen LogP contribution in [0.4, 0.5) is 0 Å². The molecule has 8 heteroatoms. The summed E-state index contributed by atoms with van der Waals surface area (Å²) < 4.78 is 40.3. The first kappa shape index (κ1) is 19.7.